The number of para-hydroxylation sites is 1. The Morgan fingerprint density at radius 2 is 1.74 bits per heavy atom. The molecule has 116 valence electrons. The number of aromatic hydroxyl groups is 1. The first-order chi connectivity index (χ1) is 11.1. The van der Waals surface area contributed by atoms with Crippen LogP contribution in [-0.2, 0) is 13.0 Å². The molecule has 1 heterocycles. The van der Waals surface area contributed by atoms with Crippen LogP contribution in [0.2, 0.25) is 0 Å². The number of hydrogen-bond acceptors (Lipinski definition) is 3. The molecule has 0 spiro atoms. The highest BCUT2D eigenvalue weighted by Gasteiger charge is 2.12. The fraction of sp³-hybridized carbons (Fsp3) is 0.158. The van der Waals surface area contributed by atoms with Crippen molar-refractivity contribution in [2.45, 2.75) is 19.9 Å². The monoisotopic (exact) mass is 306 g/mol. The minimum Gasteiger partial charge on any atom is -0.507 e. The zero-order valence-corrected chi connectivity index (χ0v) is 12.9. The second-order valence-electron chi connectivity index (χ2n) is 5.46. The Bertz CT molecular complexity index is 870. The van der Waals surface area contributed by atoms with E-state index in [0.717, 1.165) is 12.0 Å². The van der Waals surface area contributed by atoms with Gasteiger partial charge in [-0.05, 0) is 31.0 Å². The normalized spacial score (nSPS) is 10.7. The minimum atomic E-state index is -0.105. The van der Waals surface area contributed by atoms with E-state index in [2.05, 4.69) is 4.98 Å². The van der Waals surface area contributed by atoms with Crippen molar-refractivity contribution in [1.82, 2.24) is 9.55 Å². The lowest BCUT2D eigenvalue weighted by molar-refractivity contribution is 0.476. The van der Waals surface area contributed by atoms with Gasteiger partial charge in [-0.25, -0.2) is 4.98 Å². The molecule has 23 heavy (non-hydrogen) atoms. The molecule has 2 aromatic carbocycles. The number of hydrogen-bond donors (Lipinski definition) is 1. The summed E-state index contributed by atoms with van der Waals surface area (Å²) in [5.41, 5.74) is 2.26. The van der Waals surface area contributed by atoms with E-state index in [4.69, 9.17) is 0 Å². The molecule has 0 saturated heterocycles. The average Bonchev–Trinajstić information content (AvgIpc) is 2.55. The molecule has 0 unspecified atom stereocenters. The van der Waals surface area contributed by atoms with E-state index in [9.17, 15) is 9.90 Å². The van der Waals surface area contributed by atoms with Gasteiger partial charge in [-0.2, -0.15) is 0 Å². The first-order valence-electron chi connectivity index (χ1n) is 7.56. The number of nitrogens with zero attached hydrogens (tertiary/aromatic N) is 2. The van der Waals surface area contributed by atoms with E-state index in [1.807, 2.05) is 36.4 Å². The molecule has 1 N–H and O–H groups in total. The van der Waals surface area contributed by atoms with Gasteiger partial charge in [-0.15, -0.1) is 0 Å². The van der Waals surface area contributed by atoms with Crippen LogP contribution in [0.15, 0.2) is 65.5 Å². The van der Waals surface area contributed by atoms with Crippen molar-refractivity contribution in [2.24, 2.45) is 0 Å². The summed E-state index contributed by atoms with van der Waals surface area (Å²) < 4.78 is 1.62. The summed E-state index contributed by atoms with van der Waals surface area (Å²) in [6, 6.07) is 18.5. The van der Waals surface area contributed by atoms with Crippen LogP contribution in [0.25, 0.3) is 11.4 Å². The maximum absolute atomic E-state index is 12.4. The summed E-state index contributed by atoms with van der Waals surface area (Å²) in [6.07, 6.45) is 0.728. The fourth-order valence-corrected chi connectivity index (χ4v) is 2.59. The van der Waals surface area contributed by atoms with Gasteiger partial charge in [-0.3, -0.25) is 9.36 Å². The lowest BCUT2D eigenvalue weighted by Gasteiger charge is -2.13. The quantitative estimate of drug-likeness (QED) is 0.805. The highest BCUT2D eigenvalue weighted by Crippen LogP contribution is 2.26. The number of aromatic nitrogens is 2. The lowest BCUT2D eigenvalue weighted by atomic mass is 10.1. The summed E-state index contributed by atoms with van der Waals surface area (Å²) in [5, 5.41) is 10.1. The molecule has 0 saturated carbocycles. The van der Waals surface area contributed by atoms with Crippen molar-refractivity contribution in [3.63, 3.8) is 0 Å². The standard InChI is InChI=1S/C19H18N2O2/c1-14-13-18(23)21(12-11-15-7-3-2-4-8-15)19(20-14)16-9-5-6-10-17(16)22/h2-10,13,22H,11-12H2,1H3. The Morgan fingerprint density at radius 3 is 2.48 bits per heavy atom. The molecule has 1 aromatic heterocycles. The first kappa shape index (κ1) is 15.0. The number of phenolic OH excluding ortho intramolecular Hbond substituents is 1. The molecule has 3 aromatic rings. The SMILES string of the molecule is Cc1cc(=O)n(CCc2ccccc2)c(-c2ccccc2O)n1. The van der Waals surface area contributed by atoms with E-state index in [-0.39, 0.29) is 11.3 Å². The first-order valence-corrected chi connectivity index (χ1v) is 7.56. The van der Waals surface area contributed by atoms with E-state index in [1.165, 1.54) is 6.07 Å². The van der Waals surface area contributed by atoms with Crippen LogP contribution >= 0.6 is 0 Å². The number of phenols is 1. The van der Waals surface area contributed by atoms with E-state index in [0.29, 0.717) is 23.6 Å². The third kappa shape index (κ3) is 3.31. The predicted octanol–water partition coefficient (Wildman–Crippen LogP) is 3.17. The van der Waals surface area contributed by atoms with Crippen molar-refractivity contribution >= 4 is 0 Å². The van der Waals surface area contributed by atoms with Gasteiger partial charge in [0.05, 0.1) is 5.56 Å². The molecule has 3 rings (SSSR count). The zero-order valence-electron chi connectivity index (χ0n) is 12.9. The van der Waals surface area contributed by atoms with Crippen LogP contribution in [0.3, 0.4) is 0 Å². The van der Waals surface area contributed by atoms with Gasteiger partial charge in [0.2, 0.25) is 0 Å². The van der Waals surface area contributed by atoms with Gasteiger partial charge in [0.25, 0.3) is 5.56 Å². The molecule has 0 bridgehead atoms. The van der Waals surface area contributed by atoms with Crippen LogP contribution in [0, 0.1) is 6.92 Å². The van der Waals surface area contributed by atoms with Crippen molar-refractivity contribution < 1.29 is 5.11 Å². The molecular weight excluding hydrogens is 288 g/mol. The lowest BCUT2D eigenvalue weighted by Crippen LogP contribution is -2.24. The number of aryl methyl sites for hydroxylation is 2. The average molecular weight is 306 g/mol. The molecule has 0 aliphatic carbocycles. The van der Waals surface area contributed by atoms with Crippen LogP contribution in [0.1, 0.15) is 11.3 Å². The van der Waals surface area contributed by atoms with Crippen LogP contribution in [-0.4, -0.2) is 14.7 Å². The van der Waals surface area contributed by atoms with Crippen molar-refractivity contribution in [1.29, 1.82) is 0 Å². The highest BCUT2D eigenvalue weighted by molar-refractivity contribution is 5.63. The number of rotatable bonds is 4. The molecule has 4 heteroatoms. The second kappa shape index (κ2) is 6.48. The second-order valence-corrected chi connectivity index (χ2v) is 5.46. The van der Waals surface area contributed by atoms with Crippen LogP contribution < -0.4 is 5.56 Å². The zero-order chi connectivity index (χ0) is 16.2. The maximum atomic E-state index is 12.4. The Hall–Kier alpha value is -2.88. The van der Waals surface area contributed by atoms with Crippen LogP contribution in [0.4, 0.5) is 0 Å². The van der Waals surface area contributed by atoms with Gasteiger partial charge in [0.1, 0.15) is 11.6 Å². The van der Waals surface area contributed by atoms with Crippen molar-refractivity contribution in [3.8, 4) is 17.1 Å². The van der Waals surface area contributed by atoms with E-state index >= 15 is 0 Å². The van der Waals surface area contributed by atoms with Gasteiger partial charge in [0.15, 0.2) is 0 Å². The predicted molar refractivity (Wildman–Crippen MR) is 90.5 cm³/mol. The summed E-state index contributed by atoms with van der Waals surface area (Å²) in [7, 11) is 0. The molecule has 0 atom stereocenters. The minimum absolute atomic E-state index is 0.105. The number of benzene rings is 2. The Morgan fingerprint density at radius 1 is 1.04 bits per heavy atom. The van der Waals surface area contributed by atoms with E-state index in [1.54, 1.807) is 29.7 Å². The fourth-order valence-electron chi connectivity index (χ4n) is 2.59. The third-order valence-electron chi connectivity index (χ3n) is 3.75. The highest BCUT2D eigenvalue weighted by atomic mass is 16.3. The molecule has 4 nitrogen and oxygen atoms in total. The third-order valence-corrected chi connectivity index (χ3v) is 3.75. The van der Waals surface area contributed by atoms with Gasteiger partial charge in [-0.1, -0.05) is 42.5 Å². The molecule has 0 aliphatic heterocycles. The van der Waals surface area contributed by atoms with Crippen LogP contribution in [0.5, 0.6) is 5.75 Å². The van der Waals surface area contributed by atoms with Gasteiger partial charge >= 0.3 is 0 Å². The largest absolute Gasteiger partial charge is 0.507 e. The van der Waals surface area contributed by atoms with E-state index < -0.39 is 0 Å². The smallest absolute Gasteiger partial charge is 0.253 e. The maximum Gasteiger partial charge on any atom is 0.253 e. The topological polar surface area (TPSA) is 55.1 Å². The molecule has 0 radical (unpaired) electrons. The Kier molecular flexibility index (Phi) is 4.24. The summed E-state index contributed by atoms with van der Waals surface area (Å²) >= 11 is 0. The molecule has 0 amide bonds. The Balaban J connectivity index is 2.02. The summed E-state index contributed by atoms with van der Waals surface area (Å²) in [4.78, 5) is 16.9. The van der Waals surface area contributed by atoms with Crippen molar-refractivity contribution in [3.05, 3.63) is 82.3 Å². The molecule has 0 aliphatic rings. The Labute approximate surface area is 134 Å². The van der Waals surface area contributed by atoms with Crippen molar-refractivity contribution in [2.75, 3.05) is 0 Å². The van der Waals surface area contributed by atoms with Gasteiger partial charge in [0, 0.05) is 18.3 Å². The summed E-state index contributed by atoms with van der Waals surface area (Å²) in [6.45, 7) is 2.30. The van der Waals surface area contributed by atoms with Gasteiger partial charge < -0.3 is 5.11 Å². The summed E-state index contributed by atoms with van der Waals surface area (Å²) in [5.74, 6) is 0.627. The molecular formula is C19H18N2O2. The molecule has 0 fully saturated rings.